The van der Waals surface area contributed by atoms with Crippen LogP contribution in [0, 0.1) is 11.7 Å². The summed E-state index contributed by atoms with van der Waals surface area (Å²) >= 11 is 0. The molecule has 0 aromatic carbocycles. The van der Waals surface area contributed by atoms with Crippen molar-refractivity contribution in [2.45, 2.75) is 32.2 Å². The molecule has 26 heavy (non-hydrogen) atoms. The minimum Gasteiger partial charge on any atom is -0.481 e. The van der Waals surface area contributed by atoms with Gasteiger partial charge in [-0.3, -0.25) is 0 Å². The van der Waals surface area contributed by atoms with Crippen LogP contribution in [0.3, 0.4) is 0 Å². The van der Waals surface area contributed by atoms with Gasteiger partial charge in [-0.25, -0.2) is 24.3 Å². The van der Waals surface area contributed by atoms with Crippen LogP contribution in [0.1, 0.15) is 25.5 Å². The van der Waals surface area contributed by atoms with Gasteiger partial charge in [-0.05, 0) is 25.2 Å². The largest absolute Gasteiger partial charge is 0.481 e. The number of methoxy groups -OCH3 is 1. The Morgan fingerprint density at radius 1 is 1.15 bits per heavy atom. The van der Waals surface area contributed by atoms with E-state index in [2.05, 4.69) is 29.7 Å². The predicted octanol–water partition coefficient (Wildman–Crippen LogP) is 2.08. The lowest BCUT2D eigenvalue weighted by Crippen LogP contribution is -2.49. The molecule has 7 nitrogen and oxygen atoms in total. The molecule has 2 aromatic heterocycles. The number of anilines is 2. The molecule has 2 aromatic rings. The summed E-state index contributed by atoms with van der Waals surface area (Å²) in [6, 6.07) is 2.07. The third kappa shape index (κ3) is 2.93. The van der Waals surface area contributed by atoms with E-state index >= 15 is 0 Å². The average molecular weight is 358 g/mol. The first kappa shape index (κ1) is 16.9. The van der Waals surface area contributed by atoms with Crippen molar-refractivity contribution in [3.63, 3.8) is 0 Å². The van der Waals surface area contributed by atoms with Crippen molar-refractivity contribution < 1.29 is 9.13 Å². The molecule has 0 N–H and O–H groups in total. The number of aryl methyl sites for hydroxylation is 1. The predicted molar refractivity (Wildman–Crippen MR) is 96.0 cm³/mol. The number of piperidine rings is 1. The highest BCUT2D eigenvalue weighted by Gasteiger charge is 2.40. The topological polar surface area (TPSA) is 67.3 Å². The van der Waals surface area contributed by atoms with Crippen LogP contribution in [0.4, 0.5) is 16.0 Å². The van der Waals surface area contributed by atoms with Crippen LogP contribution in [-0.2, 0) is 6.42 Å². The van der Waals surface area contributed by atoms with E-state index in [1.165, 1.54) is 12.7 Å². The van der Waals surface area contributed by atoms with Gasteiger partial charge in [0.25, 0.3) is 0 Å². The summed E-state index contributed by atoms with van der Waals surface area (Å²) in [6.07, 6.45) is 5.68. The van der Waals surface area contributed by atoms with Gasteiger partial charge in [0, 0.05) is 25.7 Å². The van der Waals surface area contributed by atoms with Crippen molar-refractivity contribution in [2.24, 2.45) is 5.92 Å². The summed E-state index contributed by atoms with van der Waals surface area (Å²) in [4.78, 5) is 21.1. The lowest BCUT2D eigenvalue weighted by molar-refractivity contribution is 0.382. The third-order valence-electron chi connectivity index (χ3n) is 5.47. The minimum absolute atomic E-state index is 0.221. The Bertz CT molecular complexity index is 788. The van der Waals surface area contributed by atoms with E-state index in [-0.39, 0.29) is 11.9 Å². The number of rotatable bonds is 4. The lowest BCUT2D eigenvalue weighted by Gasteiger charge is -2.39. The Kier molecular flexibility index (Phi) is 4.57. The summed E-state index contributed by atoms with van der Waals surface area (Å²) in [5.41, 5.74) is 0.478. The molecule has 8 heteroatoms. The quantitative estimate of drug-likeness (QED) is 0.829. The molecule has 0 bridgehead atoms. The van der Waals surface area contributed by atoms with Gasteiger partial charge in [0.2, 0.25) is 5.88 Å². The Morgan fingerprint density at radius 2 is 1.96 bits per heavy atom. The highest BCUT2D eigenvalue weighted by molar-refractivity contribution is 5.48. The fraction of sp³-hybridized carbons (Fsp3) is 0.556. The number of fused-ring (bicyclic) bond motifs is 1. The summed E-state index contributed by atoms with van der Waals surface area (Å²) in [5, 5.41) is 0. The van der Waals surface area contributed by atoms with Gasteiger partial charge < -0.3 is 14.5 Å². The number of aromatic nitrogens is 4. The second-order valence-corrected chi connectivity index (χ2v) is 6.77. The molecule has 2 fully saturated rings. The van der Waals surface area contributed by atoms with Gasteiger partial charge in [-0.1, -0.05) is 6.92 Å². The van der Waals surface area contributed by atoms with Crippen molar-refractivity contribution >= 4 is 11.6 Å². The van der Waals surface area contributed by atoms with Crippen LogP contribution in [0.2, 0.25) is 0 Å². The fourth-order valence-electron chi connectivity index (χ4n) is 4.07. The molecule has 0 aliphatic carbocycles. The normalized spacial score (nSPS) is 22.4. The van der Waals surface area contributed by atoms with Crippen LogP contribution in [0.25, 0.3) is 0 Å². The van der Waals surface area contributed by atoms with Gasteiger partial charge in [-0.15, -0.1) is 0 Å². The molecule has 2 atom stereocenters. The van der Waals surface area contributed by atoms with Crippen molar-refractivity contribution in [1.29, 1.82) is 0 Å². The zero-order chi connectivity index (χ0) is 18.1. The Labute approximate surface area is 152 Å². The third-order valence-corrected chi connectivity index (χ3v) is 5.47. The highest BCUT2D eigenvalue weighted by atomic mass is 19.1. The molecule has 0 saturated carbocycles. The van der Waals surface area contributed by atoms with Crippen LogP contribution in [0.15, 0.2) is 18.7 Å². The van der Waals surface area contributed by atoms with Crippen molar-refractivity contribution in [1.82, 2.24) is 19.9 Å². The molecule has 4 rings (SSSR count). The molecule has 138 valence electrons. The van der Waals surface area contributed by atoms with E-state index in [9.17, 15) is 4.39 Å². The van der Waals surface area contributed by atoms with Crippen LogP contribution < -0.4 is 14.5 Å². The first-order valence-electron chi connectivity index (χ1n) is 9.08. The molecule has 2 aliphatic heterocycles. The van der Waals surface area contributed by atoms with E-state index in [4.69, 9.17) is 4.74 Å². The number of hydrogen-bond acceptors (Lipinski definition) is 7. The smallest absolute Gasteiger partial charge is 0.218 e. The molecule has 2 unspecified atom stereocenters. The summed E-state index contributed by atoms with van der Waals surface area (Å²) in [6.45, 7) is 4.46. The first-order chi connectivity index (χ1) is 12.7. The second kappa shape index (κ2) is 7.01. The first-order valence-corrected chi connectivity index (χ1v) is 9.08. The summed E-state index contributed by atoms with van der Waals surface area (Å²) < 4.78 is 20.0. The number of nitrogens with zero attached hydrogens (tertiary/aromatic N) is 6. The van der Waals surface area contributed by atoms with Gasteiger partial charge in [0.15, 0.2) is 11.6 Å². The van der Waals surface area contributed by atoms with Crippen LogP contribution in [-0.4, -0.2) is 52.7 Å². The average Bonchev–Trinajstić information content (AvgIpc) is 3.11. The van der Waals surface area contributed by atoms with E-state index in [0.717, 1.165) is 38.3 Å². The van der Waals surface area contributed by atoms with Crippen molar-refractivity contribution in [2.75, 3.05) is 36.5 Å². The van der Waals surface area contributed by atoms with Gasteiger partial charge in [-0.2, -0.15) is 0 Å². The summed E-state index contributed by atoms with van der Waals surface area (Å²) in [7, 11) is 1.60. The van der Waals surface area contributed by atoms with E-state index in [1.807, 2.05) is 13.0 Å². The molecular formula is C18H23FN6O. The van der Waals surface area contributed by atoms with Crippen LogP contribution in [0.5, 0.6) is 5.88 Å². The maximum absolute atomic E-state index is 14.8. The van der Waals surface area contributed by atoms with Gasteiger partial charge in [0.1, 0.15) is 18.5 Å². The zero-order valence-electron chi connectivity index (χ0n) is 15.1. The standard InChI is InChI=1S/C18H23FN6O/c1-3-13-17(19)18(23-10-20-13)25-7-5-12-4-6-24(9-14(12)25)15-8-16(26-2)22-11-21-15/h8,10-12,14H,3-7,9H2,1-2H3. The molecular weight excluding hydrogens is 335 g/mol. The monoisotopic (exact) mass is 358 g/mol. The highest BCUT2D eigenvalue weighted by Crippen LogP contribution is 2.36. The number of halogens is 1. The molecule has 0 spiro atoms. The zero-order valence-corrected chi connectivity index (χ0v) is 15.1. The fourth-order valence-corrected chi connectivity index (χ4v) is 4.07. The Hall–Kier alpha value is -2.51. The summed E-state index contributed by atoms with van der Waals surface area (Å²) in [5.74, 6) is 2.10. The van der Waals surface area contributed by atoms with Gasteiger partial charge in [0.05, 0.1) is 18.8 Å². The van der Waals surface area contributed by atoms with E-state index < -0.39 is 0 Å². The minimum atomic E-state index is -0.281. The SMILES string of the molecule is CCc1ncnc(N2CCC3CCN(c4cc(OC)ncn4)CC32)c1F. The maximum atomic E-state index is 14.8. The van der Waals surface area contributed by atoms with Crippen LogP contribution >= 0.6 is 0 Å². The lowest BCUT2D eigenvalue weighted by atomic mass is 9.92. The van der Waals surface area contributed by atoms with E-state index in [1.54, 1.807) is 7.11 Å². The molecule has 0 amide bonds. The Balaban J connectivity index is 1.59. The van der Waals surface area contributed by atoms with Gasteiger partial charge >= 0.3 is 0 Å². The molecule has 4 heterocycles. The number of hydrogen-bond donors (Lipinski definition) is 0. The second-order valence-electron chi connectivity index (χ2n) is 6.77. The number of ether oxygens (including phenoxy) is 1. The maximum Gasteiger partial charge on any atom is 0.218 e. The Morgan fingerprint density at radius 3 is 2.77 bits per heavy atom. The van der Waals surface area contributed by atoms with Crippen molar-refractivity contribution in [3.8, 4) is 5.88 Å². The van der Waals surface area contributed by atoms with E-state index in [0.29, 0.717) is 29.7 Å². The molecule has 2 saturated heterocycles. The molecule has 2 aliphatic rings. The van der Waals surface area contributed by atoms with Crippen molar-refractivity contribution in [3.05, 3.63) is 30.2 Å². The molecule has 0 radical (unpaired) electrons.